The van der Waals surface area contributed by atoms with Crippen LogP contribution in [0.2, 0.25) is 5.02 Å². The molecule has 1 heterocycles. The molecule has 118 valence electrons. The number of phenols is 1. The van der Waals surface area contributed by atoms with E-state index in [-0.39, 0.29) is 5.75 Å². The first-order valence-corrected chi connectivity index (χ1v) is 7.58. The van der Waals surface area contributed by atoms with Crippen molar-refractivity contribution in [3.8, 4) is 28.4 Å². The number of hydrogen-bond acceptors (Lipinski definition) is 4. The molecule has 0 aliphatic rings. The predicted molar refractivity (Wildman–Crippen MR) is 89.4 cm³/mol. The van der Waals surface area contributed by atoms with Crippen molar-refractivity contribution in [3.05, 3.63) is 53.2 Å². The third-order valence-electron chi connectivity index (χ3n) is 3.68. The minimum absolute atomic E-state index is 0.0831. The maximum absolute atomic E-state index is 10.3. The summed E-state index contributed by atoms with van der Waals surface area (Å²) in [6.07, 6.45) is 2.43. The van der Waals surface area contributed by atoms with Crippen molar-refractivity contribution in [2.24, 2.45) is 0 Å². The van der Waals surface area contributed by atoms with Crippen LogP contribution in [0.25, 0.3) is 16.9 Å². The molecule has 2 aromatic carbocycles. The van der Waals surface area contributed by atoms with Crippen LogP contribution in [0.15, 0.2) is 42.6 Å². The van der Waals surface area contributed by atoms with Crippen molar-refractivity contribution < 1.29 is 9.84 Å². The molecule has 1 aromatic heterocycles. The number of aromatic nitrogens is 3. The van der Waals surface area contributed by atoms with Crippen molar-refractivity contribution in [2.75, 3.05) is 7.11 Å². The van der Waals surface area contributed by atoms with E-state index >= 15 is 0 Å². The first-order valence-electron chi connectivity index (χ1n) is 7.21. The molecule has 6 heteroatoms. The van der Waals surface area contributed by atoms with Crippen LogP contribution in [0.5, 0.6) is 11.5 Å². The van der Waals surface area contributed by atoms with Crippen molar-refractivity contribution in [2.45, 2.75) is 13.3 Å². The fraction of sp³-hybridized carbons (Fsp3) is 0.176. The predicted octanol–water partition coefficient (Wildman–Crippen LogP) is 3.86. The molecule has 0 amide bonds. The topological polar surface area (TPSA) is 60.2 Å². The van der Waals surface area contributed by atoms with Crippen molar-refractivity contribution in [1.82, 2.24) is 15.0 Å². The number of methoxy groups -OCH3 is 1. The summed E-state index contributed by atoms with van der Waals surface area (Å²) in [5.74, 6) is 0.738. The van der Waals surface area contributed by atoms with E-state index < -0.39 is 0 Å². The summed E-state index contributed by atoms with van der Waals surface area (Å²) in [6, 6.07) is 10.8. The molecule has 1 N–H and O–H groups in total. The lowest BCUT2D eigenvalue weighted by Crippen LogP contribution is -2.02. The number of rotatable bonds is 4. The second kappa shape index (κ2) is 6.30. The Hall–Kier alpha value is -2.53. The van der Waals surface area contributed by atoms with Crippen molar-refractivity contribution >= 4 is 11.6 Å². The molecule has 0 atom stereocenters. The summed E-state index contributed by atoms with van der Waals surface area (Å²) >= 11 is 5.94. The third kappa shape index (κ3) is 2.87. The number of ether oxygens (including phenoxy) is 1. The van der Waals surface area contributed by atoms with E-state index in [0.29, 0.717) is 16.5 Å². The Morgan fingerprint density at radius 3 is 2.61 bits per heavy atom. The van der Waals surface area contributed by atoms with Crippen LogP contribution < -0.4 is 4.74 Å². The Balaban J connectivity index is 2.13. The van der Waals surface area contributed by atoms with Gasteiger partial charge in [-0.2, -0.15) is 0 Å². The fourth-order valence-corrected chi connectivity index (χ4v) is 2.59. The standard InChI is InChI=1S/C17H16ClN3O2/c1-3-11-8-14(16(22)9-17(11)23-2)21-15(10-19-20-21)12-4-6-13(18)7-5-12/h4-10,22H,3H2,1-2H3. The monoisotopic (exact) mass is 329 g/mol. The maximum atomic E-state index is 10.3. The van der Waals surface area contributed by atoms with Gasteiger partial charge in [0, 0.05) is 16.7 Å². The number of nitrogens with zero attached hydrogens (tertiary/aromatic N) is 3. The molecule has 0 saturated heterocycles. The molecule has 0 aliphatic carbocycles. The summed E-state index contributed by atoms with van der Waals surface area (Å²) < 4.78 is 6.91. The van der Waals surface area contributed by atoms with Gasteiger partial charge in [-0.25, -0.2) is 4.68 Å². The molecule has 0 fully saturated rings. The van der Waals surface area contributed by atoms with Gasteiger partial charge in [0.1, 0.15) is 17.2 Å². The Morgan fingerprint density at radius 2 is 1.96 bits per heavy atom. The number of phenolic OH excluding ortho intramolecular Hbond substituents is 1. The molecule has 0 saturated carbocycles. The normalized spacial score (nSPS) is 10.7. The first-order chi connectivity index (χ1) is 11.1. The van der Waals surface area contributed by atoms with E-state index in [9.17, 15) is 5.11 Å². The lowest BCUT2D eigenvalue weighted by atomic mass is 10.1. The average molecular weight is 330 g/mol. The van der Waals surface area contributed by atoms with E-state index in [1.165, 1.54) is 0 Å². The van der Waals surface area contributed by atoms with Crippen LogP contribution in [0.4, 0.5) is 0 Å². The summed E-state index contributed by atoms with van der Waals surface area (Å²) in [6.45, 7) is 2.03. The van der Waals surface area contributed by atoms with E-state index in [0.717, 1.165) is 23.2 Å². The zero-order valence-electron chi connectivity index (χ0n) is 12.8. The smallest absolute Gasteiger partial charge is 0.145 e. The lowest BCUT2D eigenvalue weighted by molar-refractivity contribution is 0.402. The molecular weight excluding hydrogens is 314 g/mol. The number of aryl methyl sites for hydroxylation is 1. The SMILES string of the molecule is CCc1cc(-n2nncc2-c2ccc(Cl)cc2)c(O)cc1OC. The van der Waals surface area contributed by atoms with E-state index in [1.54, 1.807) is 36.2 Å². The van der Waals surface area contributed by atoms with Crippen molar-refractivity contribution in [3.63, 3.8) is 0 Å². The molecule has 3 rings (SSSR count). The van der Waals surface area contributed by atoms with Gasteiger partial charge < -0.3 is 9.84 Å². The Morgan fingerprint density at radius 1 is 1.22 bits per heavy atom. The van der Waals surface area contributed by atoms with Crippen LogP contribution in [0, 0.1) is 0 Å². The Kier molecular flexibility index (Phi) is 4.21. The van der Waals surface area contributed by atoms with Gasteiger partial charge in [0.2, 0.25) is 0 Å². The molecule has 5 nitrogen and oxygen atoms in total. The third-order valence-corrected chi connectivity index (χ3v) is 3.93. The quantitative estimate of drug-likeness (QED) is 0.789. The van der Waals surface area contributed by atoms with Crippen LogP contribution in [-0.4, -0.2) is 27.2 Å². The summed E-state index contributed by atoms with van der Waals surface area (Å²) in [5, 5.41) is 19.1. The van der Waals surface area contributed by atoms with Gasteiger partial charge in [0.15, 0.2) is 0 Å². The van der Waals surface area contributed by atoms with Gasteiger partial charge >= 0.3 is 0 Å². The maximum Gasteiger partial charge on any atom is 0.145 e. The number of halogens is 1. The molecule has 0 spiro atoms. The van der Waals surface area contributed by atoms with Gasteiger partial charge in [0.05, 0.1) is 19.0 Å². The lowest BCUT2D eigenvalue weighted by Gasteiger charge is -2.13. The van der Waals surface area contributed by atoms with Crippen LogP contribution in [-0.2, 0) is 6.42 Å². The largest absolute Gasteiger partial charge is 0.506 e. The number of benzene rings is 2. The highest BCUT2D eigenvalue weighted by molar-refractivity contribution is 6.30. The minimum Gasteiger partial charge on any atom is -0.506 e. The van der Waals surface area contributed by atoms with Crippen LogP contribution in [0.1, 0.15) is 12.5 Å². The van der Waals surface area contributed by atoms with E-state index in [2.05, 4.69) is 10.3 Å². The molecule has 23 heavy (non-hydrogen) atoms. The average Bonchev–Trinajstić information content (AvgIpc) is 3.04. The number of hydrogen-bond donors (Lipinski definition) is 1. The van der Waals surface area contributed by atoms with Gasteiger partial charge in [-0.3, -0.25) is 0 Å². The highest BCUT2D eigenvalue weighted by atomic mass is 35.5. The molecule has 0 unspecified atom stereocenters. The van der Waals surface area contributed by atoms with Gasteiger partial charge in [-0.05, 0) is 30.2 Å². The van der Waals surface area contributed by atoms with Gasteiger partial charge in [-0.1, -0.05) is 35.9 Å². The number of aromatic hydroxyl groups is 1. The van der Waals surface area contributed by atoms with E-state index in [4.69, 9.17) is 16.3 Å². The highest BCUT2D eigenvalue weighted by Crippen LogP contribution is 2.33. The van der Waals surface area contributed by atoms with Gasteiger partial charge in [0.25, 0.3) is 0 Å². The van der Waals surface area contributed by atoms with Crippen molar-refractivity contribution in [1.29, 1.82) is 0 Å². The summed E-state index contributed by atoms with van der Waals surface area (Å²) in [5.41, 5.74) is 3.22. The van der Waals surface area contributed by atoms with Gasteiger partial charge in [-0.15, -0.1) is 5.10 Å². The van der Waals surface area contributed by atoms with E-state index in [1.807, 2.05) is 25.1 Å². The molecule has 3 aromatic rings. The second-order valence-corrected chi connectivity index (χ2v) is 5.48. The fourth-order valence-electron chi connectivity index (χ4n) is 2.47. The highest BCUT2D eigenvalue weighted by Gasteiger charge is 2.15. The van der Waals surface area contributed by atoms with Crippen LogP contribution >= 0.6 is 11.6 Å². The minimum atomic E-state index is 0.0831. The Labute approximate surface area is 139 Å². The first kappa shape index (κ1) is 15.4. The summed E-state index contributed by atoms with van der Waals surface area (Å²) in [4.78, 5) is 0. The molecule has 0 aliphatic heterocycles. The second-order valence-electron chi connectivity index (χ2n) is 5.04. The van der Waals surface area contributed by atoms with Crippen LogP contribution in [0.3, 0.4) is 0 Å². The zero-order valence-corrected chi connectivity index (χ0v) is 13.6. The molecule has 0 radical (unpaired) electrons. The zero-order chi connectivity index (χ0) is 16.4. The Bertz CT molecular complexity index is 828. The summed E-state index contributed by atoms with van der Waals surface area (Å²) in [7, 11) is 1.59. The molecular formula is C17H16ClN3O2. The molecule has 0 bridgehead atoms.